The van der Waals surface area contributed by atoms with E-state index in [0.717, 1.165) is 0 Å². The predicted molar refractivity (Wildman–Crippen MR) is 54.0 cm³/mol. The van der Waals surface area contributed by atoms with E-state index in [-0.39, 0.29) is 0 Å². The van der Waals surface area contributed by atoms with E-state index >= 15 is 0 Å². The highest BCUT2D eigenvalue weighted by atomic mass is 19.4. The van der Waals surface area contributed by atoms with E-state index < -0.39 is 40.3 Å². The quantitative estimate of drug-likeness (QED) is 0.668. The summed E-state index contributed by atoms with van der Waals surface area (Å²) in [6.45, 7) is 0.674. The standard InChI is InChI=1S/C9H7F3N2O5/c1-4(9(10,11)12)19-6-3-13-7(14(17)18)2-5(6)8(15)16/h2-4H,1H3,(H,15,16). The molecule has 1 heterocycles. The van der Waals surface area contributed by atoms with Crippen LogP contribution in [0.1, 0.15) is 17.3 Å². The fraction of sp³-hybridized carbons (Fsp3) is 0.333. The number of alkyl halides is 3. The Bertz CT molecular complexity index is 517. The fourth-order valence-electron chi connectivity index (χ4n) is 1.05. The van der Waals surface area contributed by atoms with Crippen LogP contribution >= 0.6 is 0 Å². The number of pyridine rings is 1. The summed E-state index contributed by atoms with van der Waals surface area (Å²) < 4.78 is 41.2. The van der Waals surface area contributed by atoms with Gasteiger partial charge in [0.05, 0.1) is 6.07 Å². The van der Waals surface area contributed by atoms with E-state index in [9.17, 15) is 28.1 Å². The first-order chi connectivity index (χ1) is 8.62. The summed E-state index contributed by atoms with van der Waals surface area (Å²) in [4.78, 5) is 23.4. The summed E-state index contributed by atoms with van der Waals surface area (Å²) in [7, 11) is 0. The molecule has 0 bridgehead atoms. The number of carboxylic acid groups (broad SMARTS) is 1. The zero-order chi connectivity index (χ0) is 14.8. The van der Waals surface area contributed by atoms with Crippen molar-refractivity contribution in [2.24, 2.45) is 0 Å². The highest BCUT2D eigenvalue weighted by Crippen LogP contribution is 2.28. The molecule has 0 spiro atoms. The van der Waals surface area contributed by atoms with E-state index in [1.165, 1.54) is 0 Å². The van der Waals surface area contributed by atoms with Gasteiger partial charge in [0.25, 0.3) is 0 Å². The van der Waals surface area contributed by atoms with Crippen molar-refractivity contribution in [3.63, 3.8) is 0 Å². The highest BCUT2D eigenvalue weighted by Gasteiger charge is 2.39. The molecule has 7 nitrogen and oxygen atoms in total. The summed E-state index contributed by atoms with van der Waals surface area (Å²) >= 11 is 0. The largest absolute Gasteiger partial charge is 0.478 e. The van der Waals surface area contributed by atoms with Crippen LogP contribution in [0.4, 0.5) is 19.0 Å². The first kappa shape index (κ1) is 14.7. The van der Waals surface area contributed by atoms with Gasteiger partial charge in [0.2, 0.25) is 0 Å². The van der Waals surface area contributed by atoms with E-state index in [4.69, 9.17) is 5.11 Å². The van der Waals surface area contributed by atoms with E-state index in [2.05, 4.69) is 9.72 Å². The van der Waals surface area contributed by atoms with Gasteiger partial charge in [-0.1, -0.05) is 0 Å². The Morgan fingerprint density at radius 2 is 2.16 bits per heavy atom. The number of halogens is 3. The number of ether oxygens (including phenoxy) is 1. The van der Waals surface area contributed by atoms with Crippen LogP contribution in [0.15, 0.2) is 12.3 Å². The van der Waals surface area contributed by atoms with Crippen molar-refractivity contribution in [1.29, 1.82) is 0 Å². The molecule has 0 aromatic carbocycles. The number of carboxylic acids is 1. The number of nitro groups is 1. The Labute approximate surface area is 103 Å². The van der Waals surface area contributed by atoms with Gasteiger partial charge in [-0.3, -0.25) is 0 Å². The van der Waals surface area contributed by atoms with Crippen molar-refractivity contribution in [3.05, 3.63) is 27.9 Å². The Hall–Kier alpha value is -2.39. The lowest BCUT2D eigenvalue weighted by Gasteiger charge is -2.17. The van der Waals surface area contributed by atoms with E-state index in [1.807, 2.05) is 0 Å². The smallest absolute Gasteiger partial charge is 0.425 e. The molecular formula is C9H7F3N2O5. The number of aromatic nitrogens is 1. The minimum atomic E-state index is -4.70. The van der Waals surface area contributed by atoms with Gasteiger partial charge in [-0.05, 0) is 16.8 Å². The monoisotopic (exact) mass is 280 g/mol. The normalized spacial score (nSPS) is 12.8. The van der Waals surface area contributed by atoms with Gasteiger partial charge in [-0.2, -0.15) is 13.2 Å². The molecule has 1 aromatic heterocycles. The van der Waals surface area contributed by atoms with Crippen molar-refractivity contribution < 1.29 is 32.7 Å². The third-order valence-corrected chi connectivity index (χ3v) is 2.04. The molecule has 10 heteroatoms. The molecule has 0 aliphatic heterocycles. The van der Waals surface area contributed by atoms with E-state index in [1.54, 1.807) is 0 Å². The van der Waals surface area contributed by atoms with Crippen molar-refractivity contribution in [2.75, 3.05) is 0 Å². The third-order valence-electron chi connectivity index (χ3n) is 2.04. The van der Waals surface area contributed by atoms with Crippen LogP contribution in [0.3, 0.4) is 0 Å². The molecule has 1 aromatic rings. The van der Waals surface area contributed by atoms with Crippen LogP contribution in [0.2, 0.25) is 0 Å². The average Bonchev–Trinajstić information content (AvgIpc) is 2.27. The number of hydrogen-bond acceptors (Lipinski definition) is 5. The van der Waals surface area contributed by atoms with Crippen LogP contribution in [-0.2, 0) is 0 Å². The van der Waals surface area contributed by atoms with Crippen LogP contribution < -0.4 is 4.74 Å². The average molecular weight is 280 g/mol. The van der Waals surface area contributed by atoms with Crippen molar-refractivity contribution in [1.82, 2.24) is 4.98 Å². The highest BCUT2D eigenvalue weighted by molar-refractivity contribution is 5.91. The van der Waals surface area contributed by atoms with Crippen LogP contribution in [0.5, 0.6) is 5.75 Å². The molecule has 0 saturated heterocycles. The van der Waals surface area contributed by atoms with Gasteiger partial charge in [0.15, 0.2) is 18.1 Å². The molecule has 0 aliphatic rings. The second-order valence-electron chi connectivity index (χ2n) is 3.40. The fourth-order valence-corrected chi connectivity index (χ4v) is 1.05. The minimum Gasteiger partial charge on any atom is -0.478 e. The predicted octanol–water partition coefficient (Wildman–Crippen LogP) is 2.02. The lowest BCUT2D eigenvalue weighted by atomic mass is 10.2. The SMILES string of the molecule is CC(Oc1cnc([N+](=O)[O-])cc1C(=O)O)C(F)(F)F. The number of nitrogens with zero attached hydrogens (tertiary/aromatic N) is 2. The third kappa shape index (κ3) is 3.53. The number of aromatic carboxylic acids is 1. The van der Waals surface area contributed by atoms with E-state index in [0.29, 0.717) is 19.2 Å². The van der Waals surface area contributed by atoms with Gasteiger partial charge >= 0.3 is 18.0 Å². The molecule has 0 amide bonds. The lowest BCUT2D eigenvalue weighted by molar-refractivity contribution is -0.389. The van der Waals surface area contributed by atoms with Crippen molar-refractivity contribution in [3.8, 4) is 5.75 Å². The molecule has 104 valence electrons. The van der Waals surface area contributed by atoms with Crippen molar-refractivity contribution in [2.45, 2.75) is 19.2 Å². The topological polar surface area (TPSA) is 103 Å². The second kappa shape index (κ2) is 5.08. The molecule has 0 saturated carbocycles. The lowest BCUT2D eigenvalue weighted by Crippen LogP contribution is -2.31. The summed E-state index contributed by atoms with van der Waals surface area (Å²) in [5, 5.41) is 19.2. The van der Waals surface area contributed by atoms with Crippen LogP contribution in [0.25, 0.3) is 0 Å². The summed E-state index contributed by atoms with van der Waals surface area (Å²) in [5.74, 6) is -3.15. The molecular weight excluding hydrogens is 273 g/mol. The molecule has 1 N–H and O–H groups in total. The Balaban J connectivity index is 3.14. The Morgan fingerprint density at radius 3 is 2.58 bits per heavy atom. The Morgan fingerprint density at radius 1 is 1.58 bits per heavy atom. The summed E-state index contributed by atoms with van der Waals surface area (Å²) in [6.07, 6.45) is -6.39. The van der Waals surface area contributed by atoms with Gasteiger partial charge in [0.1, 0.15) is 5.56 Å². The van der Waals surface area contributed by atoms with Gasteiger partial charge in [-0.15, -0.1) is 0 Å². The zero-order valence-corrected chi connectivity index (χ0v) is 9.34. The minimum absolute atomic E-state index is 0.529. The second-order valence-corrected chi connectivity index (χ2v) is 3.40. The van der Waals surface area contributed by atoms with Gasteiger partial charge < -0.3 is 20.0 Å². The first-order valence-electron chi connectivity index (χ1n) is 4.74. The molecule has 0 radical (unpaired) electrons. The Kier molecular flexibility index (Phi) is 3.92. The number of rotatable bonds is 4. The van der Waals surface area contributed by atoms with Crippen molar-refractivity contribution >= 4 is 11.8 Å². The zero-order valence-electron chi connectivity index (χ0n) is 9.34. The first-order valence-corrected chi connectivity index (χ1v) is 4.74. The number of carbonyl (C=O) groups is 1. The maximum atomic E-state index is 12.3. The molecule has 0 aliphatic carbocycles. The molecule has 0 fully saturated rings. The maximum Gasteiger partial charge on any atom is 0.425 e. The molecule has 19 heavy (non-hydrogen) atoms. The summed E-state index contributed by atoms with van der Waals surface area (Å²) in [6, 6.07) is 0.529. The summed E-state index contributed by atoms with van der Waals surface area (Å²) in [5.41, 5.74) is -0.766. The van der Waals surface area contributed by atoms with Gasteiger partial charge in [0, 0.05) is 0 Å². The van der Waals surface area contributed by atoms with Crippen LogP contribution in [0, 0.1) is 10.1 Å². The van der Waals surface area contributed by atoms with Crippen LogP contribution in [-0.4, -0.2) is 33.3 Å². The number of hydrogen-bond donors (Lipinski definition) is 1. The molecule has 1 unspecified atom stereocenters. The molecule has 1 atom stereocenters. The molecule has 1 rings (SSSR count). The maximum absolute atomic E-state index is 12.3. The van der Waals surface area contributed by atoms with Gasteiger partial charge in [-0.25, -0.2) is 4.79 Å².